The van der Waals surface area contributed by atoms with Gasteiger partial charge in [-0.05, 0) is 48.4 Å². The topological polar surface area (TPSA) is 81.0 Å². The molecule has 2 amide bonds. The van der Waals surface area contributed by atoms with Crippen LogP contribution in [0, 0.1) is 6.92 Å². The Morgan fingerprint density at radius 2 is 1.88 bits per heavy atom. The Morgan fingerprint density at radius 1 is 1.09 bits per heavy atom. The maximum absolute atomic E-state index is 13.7. The molecule has 3 aromatic rings. The predicted molar refractivity (Wildman–Crippen MR) is 126 cm³/mol. The van der Waals surface area contributed by atoms with Gasteiger partial charge >= 0.3 is 0 Å². The maximum Gasteiger partial charge on any atom is 0.256 e. The van der Waals surface area contributed by atoms with Crippen LogP contribution in [-0.2, 0) is 11.3 Å². The van der Waals surface area contributed by atoms with Crippen LogP contribution in [0.3, 0.4) is 0 Å². The molecule has 1 aliphatic heterocycles. The van der Waals surface area contributed by atoms with Crippen molar-refractivity contribution in [1.29, 1.82) is 0 Å². The van der Waals surface area contributed by atoms with Crippen LogP contribution in [0.1, 0.15) is 32.6 Å². The van der Waals surface area contributed by atoms with Gasteiger partial charge in [-0.25, -0.2) is 0 Å². The number of nitrogens with zero attached hydrogens (tertiary/aromatic N) is 1. The third-order valence-corrected chi connectivity index (χ3v) is 6.95. The molecule has 0 aliphatic carbocycles. The highest BCUT2D eigenvalue weighted by Gasteiger charge is 2.43. The molecule has 2 heterocycles. The summed E-state index contributed by atoms with van der Waals surface area (Å²) in [4.78, 5) is 28.6. The maximum atomic E-state index is 13.7. The average molecular weight is 467 g/mol. The van der Waals surface area contributed by atoms with E-state index in [1.165, 1.54) is 0 Å². The molecular weight excluding hydrogens is 440 g/mol. The van der Waals surface area contributed by atoms with Crippen molar-refractivity contribution in [3.8, 4) is 11.5 Å². The van der Waals surface area contributed by atoms with Crippen molar-refractivity contribution in [1.82, 2.24) is 10.2 Å². The van der Waals surface area contributed by atoms with Gasteiger partial charge in [-0.15, -0.1) is 11.8 Å². The van der Waals surface area contributed by atoms with Gasteiger partial charge in [0.2, 0.25) is 5.91 Å². The number of furan rings is 1. The van der Waals surface area contributed by atoms with Crippen molar-refractivity contribution in [2.45, 2.75) is 24.9 Å². The lowest BCUT2D eigenvalue weighted by Crippen LogP contribution is -2.47. The first-order valence-electron chi connectivity index (χ1n) is 10.6. The van der Waals surface area contributed by atoms with Gasteiger partial charge < -0.3 is 24.1 Å². The van der Waals surface area contributed by atoms with E-state index in [0.29, 0.717) is 28.6 Å². The van der Waals surface area contributed by atoms with Gasteiger partial charge in [0.15, 0.2) is 11.5 Å². The number of carbonyl (C=O) groups excluding carboxylic acids is 2. The highest BCUT2D eigenvalue weighted by atomic mass is 32.2. The number of aryl methyl sites for hydroxylation is 1. The number of benzene rings is 2. The van der Waals surface area contributed by atoms with Crippen LogP contribution in [0.25, 0.3) is 0 Å². The molecule has 172 valence electrons. The summed E-state index contributed by atoms with van der Waals surface area (Å²) in [5, 5.41) is 2.56. The minimum Gasteiger partial charge on any atom is -0.493 e. The zero-order valence-corrected chi connectivity index (χ0v) is 19.6. The van der Waals surface area contributed by atoms with Crippen molar-refractivity contribution in [2.24, 2.45) is 0 Å². The standard InChI is InChI=1S/C25H26N2O5S/c1-16-7-4-5-9-19(16)24(29)27-20(23(28)26-14-18-8-6-12-32-18)15-33-25(27)17-10-11-21(30-2)22(13-17)31-3/h4-13,20,25H,14-15H2,1-3H3,(H,26,28). The molecular formula is C25H26N2O5S. The van der Waals surface area contributed by atoms with Crippen molar-refractivity contribution in [3.63, 3.8) is 0 Å². The first kappa shape index (κ1) is 22.8. The van der Waals surface area contributed by atoms with Crippen molar-refractivity contribution in [2.75, 3.05) is 20.0 Å². The van der Waals surface area contributed by atoms with Crippen LogP contribution in [0.2, 0.25) is 0 Å². The first-order valence-corrected chi connectivity index (χ1v) is 11.6. The summed E-state index contributed by atoms with van der Waals surface area (Å²) < 4.78 is 16.1. The number of methoxy groups -OCH3 is 2. The molecule has 8 heteroatoms. The minimum atomic E-state index is -0.629. The quantitative estimate of drug-likeness (QED) is 0.563. The molecule has 1 aliphatic rings. The zero-order valence-electron chi connectivity index (χ0n) is 18.7. The first-order chi connectivity index (χ1) is 16.0. The largest absolute Gasteiger partial charge is 0.493 e. The Balaban J connectivity index is 1.66. The Kier molecular flexibility index (Phi) is 6.93. The van der Waals surface area contributed by atoms with E-state index in [1.54, 1.807) is 55.3 Å². The van der Waals surface area contributed by atoms with E-state index in [4.69, 9.17) is 13.9 Å². The monoisotopic (exact) mass is 466 g/mol. The second-order valence-corrected chi connectivity index (χ2v) is 8.75. The Morgan fingerprint density at radius 3 is 2.58 bits per heavy atom. The van der Waals surface area contributed by atoms with E-state index in [-0.39, 0.29) is 23.7 Å². The van der Waals surface area contributed by atoms with Gasteiger partial charge in [0.1, 0.15) is 17.2 Å². The lowest BCUT2D eigenvalue weighted by molar-refractivity contribution is -0.125. The number of ether oxygens (including phenoxy) is 2. The fourth-order valence-corrected chi connectivity index (χ4v) is 5.30. The van der Waals surface area contributed by atoms with Gasteiger partial charge in [-0.2, -0.15) is 0 Å². The third-order valence-electron chi connectivity index (χ3n) is 5.62. The Labute approximate surface area is 197 Å². The molecule has 1 fully saturated rings. The summed E-state index contributed by atoms with van der Waals surface area (Å²) in [5.41, 5.74) is 2.30. The summed E-state index contributed by atoms with van der Waals surface area (Å²) in [6.07, 6.45) is 1.56. The van der Waals surface area contributed by atoms with Crippen LogP contribution >= 0.6 is 11.8 Å². The average Bonchev–Trinajstić information content (AvgIpc) is 3.52. The molecule has 33 heavy (non-hydrogen) atoms. The Bertz CT molecular complexity index is 1130. The number of hydrogen-bond acceptors (Lipinski definition) is 6. The molecule has 7 nitrogen and oxygen atoms in total. The van der Waals surface area contributed by atoms with Gasteiger partial charge in [-0.1, -0.05) is 24.3 Å². The summed E-state index contributed by atoms with van der Waals surface area (Å²) in [7, 11) is 3.15. The lowest BCUT2D eigenvalue weighted by Gasteiger charge is -2.30. The van der Waals surface area contributed by atoms with Gasteiger partial charge in [0, 0.05) is 11.3 Å². The molecule has 1 N–H and O–H groups in total. The molecule has 4 rings (SSSR count). The SMILES string of the molecule is COc1ccc(C2SCC(C(=O)NCc3ccco3)N2C(=O)c2ccccc2C)cc1OC. The van der Waals surface area contributed by atoms with E-state index in [0.717, 1.165) is 11.1 Å². The number of nitrogens with one attached hydrogen (secondary N) is 1. The molecule has 2 unspecified atom stereocenters. The molecule has 0 radical (unpaired) electrons. The molecule has 0 saturated carbocycles. The fraction of sp³-hybridized carbons (Fsp3) is 0.280. The fourth-order valence-electron chi connectivity index (χ4n) is 3.88. The molecule has 0 spiro atoms. The predicted octanol–water partition coefficient (Wildman–Crippen LogP) is 4.18. The smallest absolute Gasteiger partial charge is 0.256 e. The van der Waals surface area contributed by atoms with Crippen molar-refractivity contribution in [3.05, 3.63) is 83.3 Å². The summed E-state index contributed by atoms with van der Waals surface area (Å²) in [5.74, 6) is 1.90. The van der Waals surface area contributed by atoms with E-state index in [9.17, 15) is 9.59 Å². The van der Waals surface area contributed by atoms with Crippen LogP contribution in [0.5, 0.6) is 11.5 Å². The molecule has 2 aromatic carbocycles. The highest BCUT2D eigenvalue weighted by Crippen LogP contribution is 2.44. The second-order valence-electron chi connectivity index (χ2n) is 7.64. The van der Waals surface area contributed by atoms with Crippen LogP contribution in [0.4, 0.5) is 0 Å². The number of hydrogen-bond donors (Lipinski definition) is 1. The molecule has 0 bridgehead atoms. The van der Waals surface area contributed by atoms with Gasteiger partial charge in [-0.3, -0.25) is 9.59 Å². The number of carbonyl (C=O) groups is 2. The second kappa shape index (κ2) is 10.0. The molecule has 1 aromatic heterocycles. The van der Waals surface area contributed by atoms with E-state index in [2.05, 4.69) is 5.32 Å². The van der Waals surface area contributed by atoms with Gasteiger partial charge in [0.25, 0.3) is 5.91 Å². The van der Waals surface area contributed by atoms with Crippen molar-refractivity contribution < 1.29 is 23.5 Å². The van der Waals surface area contributed by atoms with E-state index < -0.39 is 6.04 Å². The summed E-state index contributed by atoms with van der Waals surface area (Å²) >= 11 is 1.55. The van der Waals surface area contributed by atoms with Crippen LogP contribution in [0.15, 0.2) is 65.3 Å². The van der Waals surface area contributed by atoms with Crippen molar-refractivity contribution >= 4 is 23.6 Å². The van der Waals surface area contributed by atoms with E-state index in [1.807, 2.05) is 43.3 Å². The molecule has 1 saturated heterocycles. The minimum absolute atomic E-state index is 0.184. The van der Waals surface area contributed by atoms with E-state index >= 15 is 0 Å². The summed E-state index contributed by atoms with van der Waals surface area (Å²) in [6, 6.07) is 15.9. The van der Waals surface area contributed by atoms with Crippen LogP contribution in [-0.4, -0.2) is 42.7 Å². The number of amides is 2. The molecule has 2 atom stereocenters. The number of rotatable bonds is 7. The summed E-state index contributed by atoms with van der Waals surface area (Å²) in [6.45, 7) is 2.16. The zero-order chi connectivity index (χ0) is 23.4. The van der Waals surface area contributed by atoms with Gasteiger partial charge in [0.05, 0.1) is 27.0 Å². The lowest BCUT2D eigenvalue weighted by atomic mass is 10.1. The third kappa shape index (κ3) is 4.71. The number of thioether (sulfide) groups is 1. The Hall–Kier alpha value is -3.39. The normalized spacial score (nSPS) is 17.6. The highest BCUT2D eigenvalue weighted by molar-refractivity contribution is 7.99. The van der Waals surface area contributed by atoms with Crippen LogP contribution < -0.4 is 14.8 Å².